The fourth-order valence-corrected chi connectivity index (χ4v) is 1.73. The molecule has 0 bridgehead atoms. The molecule has 2 aromatic carbocycles. The summed E-state index contributed by atoms with van der Waals surface area (Å²) in [5.74, 6) is 1.48. The van der Waals surface area contributed by atoms with Gasteiger partial charge in [-0.3, -0.25) is 0 Å². The lowest BCUT2D eigenvalue weighted by atomic mass is 10.1. The summed E-state index contributed by atoms with van der Waals surface area (Å²) in [5, 5.41) is 3.45. The first-order chi connectivity index (χ1) is 7.79. The van der Waals surface area contributed by atoms with Crippen molar-refractivity contribution in [2.75, 3.05) is 11.9 Å². The fourth-order valence-electron chi connectivity index (χ4n) is 1.54. The Balaban J connectivity index is 2.13. The molecule has 2 aromatic rings. The molecule has 0 amide bonds. The molecule has 16 heavy (non-hydrogen) atoms. The molecule has 2 heteroatoms. The Morgan fingerprint density at radius 2 is 1.88 bits per heavy atom. The molecule has 0 N–H and O–H groups in total. The van der Waals surface area contributed by atoms with Gasteiger partial charge in [-0.15, -0.1) is 0 Å². The molecule has 0 heterocycles. The first-order valence-corrected chi connectivity index (χ1v) is 6.59. The van der Waals surface area contributed by atoms with Crippen LogP contribution in [0.4, 0.5) is 0 Å². The van der Waals surface area contributed by atoms with E-state index in [1.807, 2.05) is 12.1 Å². The predicted octanol–water partition coefficient (Wildman–Crippen LogP) is 4.25. The highest BCUT2D eigenvalue weighted by Gasteiger charge is 2.01. The summed E-state index contributed by atoms with van der Waals surface area (Å²) in [6.45, 7) is 2.92. The number of hydrogen-bond donors (Lipinski definition) is 0. The van der Waals surface area contributed by atoms with Crippen molar-refractivity contribution < 1.29 is 4.74 Å². The lowest BCUT2D eigenvalue weighted by Gasteiger charge is -2.10. The number of benzene rings is 2. The zero-order chi connectivity index (χ0) is 11.4. The third-order valence-corrected chi connectivity index (χ3v) is 3.62. The second-order valence-electron chi connectivity index (χ2n) is 4.08. The summed E-state index contributed by atoms with van der Waals surface area (Å²) >= 11 is 3.45. The Morgan fingerprint density at radius 1 is 1.12 bits per heavy atom. The third kappa shape index (κ3) is 2.76. The van der Waals surface area contributed by atoms with Crippen LogP contribution in [0.5, 0.6) is 5.75 Å². The van der Waals surface area contributed by atoms with Crippen LogP contribution >= 0.6 is 15.9 Å². The minimum atomic E-state index is 0.534. The molecule has 0 aromatic heterocycles. The van der Waals surface area contributed by atoms with Crippen molar-refractivity contribution in [1.29, 1.82) is 0 Å². The van der Waals surface area contributed by atoms with Crippen LogP contribution in [-0.2, 0) is 0 Å². The molecule has 1 atom stereocenters. The zero-order valence-electron chi connectivity index (χ0n) is 9.32. The number of rotatable bonds is 4. The largest absolute Gasteiger partial charge is 0.493 e. The third-order valence-electron chi connectivity index (χ3n) is 2.52. The maximum atomic E-state index is 5.74. The van der Waals surface area contributed by atoms with Gasteiger partial charge in [-0.2, -0.15) is 0 Å². The number of hydrogen-bond acceptors (Lipinski definition) is 1. The van der Waals surface area contributed by atoms with E-state index in [0.717, 1.165) is 17.7 Å². The highest BCUT2D eigenvalue weighted by Crippen LogP contribution is 2.21. The average Bonchev–Trinajstić information content (AvgIpc) is 2.35. The van der Waals surface area contributed by atoms with Gasteiger partial charge < -0.3 is 4.74 Å². The van der Waals surface area contributed by atoms with Gasteiger partial charge in [0.1, 0.15) is 5.75 Å². The monoisotopic (exact) mass is 278 g/mol. The number of alkyl halides is 1. The van der Waals surface area contributed by atoms with Crippen molar-refractivity contribution in [3.8, 4) is 5.75 Å². The molecule has 0 aliphatic heterocycles. The van der Waals surface area contributed by atoms with Crippen LogP contribution in [0, 0.1) is 5.92 Å². The molecule has 0 saturated carbocycles. The standard InChI is InChI=1S/C14H15BrO/c1-11(9-15)10-16-14-7-6-12-4-2-3-5-13(12)8-14/h2-8,11H,9-10H2,1H3. The van der Waals surface area contributed by atoms with Crippen molar-refractivity contribution in [1.82, 2.24) is 0 Å². The quantitative estimate of drug-likeness (QED) is 0.760. The molecule has 84 valence electrons. The predicted molar refractivity (Wildman–Crippen MR) is 72.4 cm³/mol. The van der Waals surface area contributed by atoms with E-state index >= 15 is 0 Å². The first kappa shape index (κ1) is 11.5. The minimum absolute atomic E-state index is 0.534. The molecule has 1 unspecified atom stereocenters. The van der Waals surface area contributed by atoms with Crippen molar-refractivity contribution in [3.05, 3.63) is 42.5 Å². The van der Waals surface area contributed by atoms with Gasteiger partial charge in [0.25, 0.3) is 0 Å². The van der Waals surface area contributed by atoms with E-state index < -0.39 is 0 Å². The van der Waals surface area contributed by atoms with Crippen LogP contribution < -0.4 is 4.74 Å². The van der Waals surface area contributed by atoms with Crippen LogP contribution in [0.15, 0.2) is 42.5 Å². The summed E-state index contributed by atoms with van der Waals surface area (Å²) in [6.07, 6.45) is 0. The molecule has 0 fully saturated rings. The van der Waals surface area contributed by atoms with Gasteiger partial charge >= 0.3 is 0 Å². The number of ether oxygens (including phenoxy) is 1. The van der Waals surface area contributed by atoms with E-state index in [1.165, 1.54) is 10.8 Å². The van der Waals surface area contributed by atoms with Crippen molar-refractivity contribution in [3.63, 3.8) is 0 Å². The highest BCUT2D eigenvalue weighted by molar-refractivity contribution is 9.09. The van der Waals surface area contributed by atoms with E-state index in [-0.39, 0.29) is 0 Å². The molecule has 0 spiro atoms. The molecular formula is C14H15BrO. The first-order valence-electron chi connectivity index (χ1n) is 5.47. The summed E-state index contributed by atoms with van der Waals surface area (Å²) in [4.78, 5) is 0. The van der Waals surface area contributed by atoms with Gasteiger partial charge in [-0.05, 0) is 28.8 Å². The van der Waals surface area contributed by atoms with Crippen LogP contribution in [0.25, 0.3) is 10.8 Å². The van der Waals surface area contributed by atoms with Gasteiger partial charge in [-0.1, -0.05) is 53.2 Å². The fraction of sp³-hybridized carbons (Fsp3) is 0.286. The summed E-state index contributed by atoms with van der Waals surface area (Å²) in [5.41, 5.74) is 0. The van der Waals surface area contributed by atoms with Crippen LogP contribution in [0.3, 0.4) is 0 Å². The smallest absolute Gasteiger partial charge is 0.119 e. The van der Waals surface area contributed by atoms with E-state index in [0.29, 0.717) is 5.92 Å². The SMILES string of the molecule is CC(CBr)COc1ccc2ccccc2c1. The summed E-state index contributed by atoms with van der Waals surface area (Å²) < 4.78 is 5.74. The van der Waals surface area contributed by atoms with Crippen molar-refractivity contribution in [2.24, 2.45) is 5.92 Å². The van der Waals surface area contributed by atoms with Gasteiger partial charge in [-0.25, -0.2) is 0 Å². The Hall–Kier alpha value is -1.02. The van der Waals surface area contributed by atoms with Gasteiger partial charge in [0.15, 0.2) is 0 Å². The normalized spacial score (nSPS) is 12.6. The molecule has 0 aliphatic rings. The lowest BCUT2D eigenvalue weighted by molar-refractivity contribution is 0.274. The molecule has 1 nitrogen and oxygen atoms in total. The Kier molecular flexibility index (Phi) is 3.83. The van der Waals surface area contributed by atoms with Gasteiger partial charge in [0, 0.05) is 5.33 Å². The van der Waals surface area contributed by atoms with Gasteiger partial charge in [0.05, 0.1) is 6.61 Å². The Morgan fingerprint density at radius 3 is 2.62 bits per heavy atom. The maximum Gasteiger partial charge on any atom is 0.119 e. The van der Waals surface area contributed by atoms with Gasteiger partial charge in [0.2, 0.25) is 0 Å². The van der Waals surface area contributed by atoms with E-state index in [1.54, 1.807) is 0 Å². The summed E-state index contributed by atoms with van der Waals surface area (Å²) in [6, 6.07) is 14.5. The minimum Gasteiger partial charge on any atom is -0.493 e. The van der Waals surface area contributed by atoms with E-state index in [2.05, 4.69) is 53.2 Å². The second-order valence-corrected chi connectivity index (χ2v) is 4.73. The zero-order valence-corrected chi connectivity index (χ0v) is 10.9. The lowest BCUT2D eigenvalue weighted by Crippen LogP contribution is -2.09. The molecule has 0 saturated heterocycles. The molecule has 0 radical (unpaired) electrons. The van der Waals surface area contributed by atoms with Crippen LogP contribution in [0.1, 0.15) is 6.92 Å². The van der Waals surface area contributed by atoms with Crippen molar-refractivity contribution in [2.45, 2.75) is 6.92 Å². The topological polar surface area (TPSA) is 9.23 Å². The summed E-state index contributed by atoms with van der Waals surface area (Å²) in [7, 11) is 0. The molecular weight excluding hydrogens is 264 g/mol. The Labute approximate surface area is 105 Å². The highest BCUT2D eigenvalue weighted by atomic mass is 79.9. The number of fused-ring (bicyclic) bond motifs is 1. The van der Waals surface area contributed by atoms with Crippen LogP contribution in [0.2, 0.25) is 0 Å². The molecule has 0 aliphatic carbocycles. The average molecular weight is 279 g/mol. The maximum absolute atomic E-state index is 5.74. The van der Waals surface area contributed by atoms with E-state index in [9.17, 15) is 0 Å². The van der Waals surface area contributed by atoms with E-state index in [4.69, 9.17) is 4.74 Å². The molecule has 2 rings (SSSR count). The van der Waals surface area contributed by atoms with Crippen LogP contribution in [-0.4, -0.2) is 11.9 Å². The Bertz CT molecular complexity index is 467. The van der Waals surface area contributed by atoms with Crippen molar-refractivity contribution >= 4 is 26.7 Å². The number of halogens is 1. The second kappa shape index (κ2) is 5.35.